The van der Waals surface area contributed by atoms with Crippen LogP contribution >= 0.6 is 0 Å². The molecule has 8 heteroatoms. The lowest BCUT2D eigenvalue weighted by Gasteiger charge is -2.36. The minimum Gasteiger partial charge on any atom is -0.496 e. The Balaban J connectivity index is 1.91. The van der Waals surface area contributed by atoms with Gasteiger partial charge in [0.2, 0.25) is 0 Å². The highest BCUT2D eigenvalue weighted by molar-refractivity contribution is 7.90. The van der Waals surface area contributed by atoms with Gasteiger partial charge in [-0.25, -0.2) is 13.2 Å². The molecule has 0 fully saturated rings. The Hall–Kier alpha value is -3.65. The summed E-state index contributed by atoms with van der Waals surface area (Å²) in [6, 6.07) is 20.4. The van der Waals surface area contributed by atoms with Crippen molar-refractivity contribution in [3.05, 3.63) is 94.5 Å². The molecule has 7 nitrogen and oxygen atoms in total. The Kier molecular flexibility index (Phi) is 8.13. The summed E-state index contributed by atoms with van der Waals surface area (Å²) in [5, 5.41) is 0. The lowest BCUT2D eigenvalue weighted by atomic mass is 9.84. The molecule has 3 aromatic rings. The van der Waals surface area contributed by atoms with Crippen LogP contribution in [0.4, 0.5) is 5.69 Å². The van der Waals surface area contributed by atoms with E-state index in [9.17, 15) is 18.0 Å². The minimum absolute atomic E-state index is 0.0349. The van der Waals surface area contributed by atoms with E-state index < -0.39 is 21.3 Å². The molecule has 0 aliphatic carbocycles. The molecule has 0 saturated carbocycles. The number of methoxy groups -OCH3 is 2. The predicted molar refractivity (Wildman–Crippen MR) is 157 cm³/mol. The summed E-state index contributed by atoms with van der Waals surface area (Å²) < 4.78 is 35.0. The molecule has 0 aromatic heterocycles. The van der Waals surface area contributed by atoms with Crippen molar-refractivity contribution in [2.75, 3.05) is 31.1 Å². The number of esters is 1. The molecule has 1 amide bonds. The number of fused-ring (bicyclic) bond motifs is 1. The van der Waals surface area contributed by atoms with Crippen molar-refractivity contribution in [1.29, 1.82) is 0 Å². The smallest absolute Gasteiger partial charge is 0.332 e. The van der Waals surface area contributed by atoms with Crippen LogP contribution in [0.5, 0.6) is 5.75 Å². The van der Waals surface area contributed by atoms with E-state index in [1.807, 2.05) is 48.5 Å². The van der Waals surface area contributed by atoms with Gasteiger partial charge in [0.1, 0.15) is 15.6 Å². The topological polar surface area (TPSA) is 90.0 Å². The van der Waals surface area contributed by atoms with E-state index in [1.165, 1.54) is 13.4 Å². The van der Waals surface area contributed by atoms with E-state index in [0.717, 1.165) is 22.3 Å². The van der Waals surface area contributed by atoms with E-state index in [4.69, 9.17) is 9.47 Å². The summed E-state index contributed by atoms with van der Waals surface area (Å²) in [6.45, 7) is 6.22. The van der Waals surface area contributed by atoms with Crippen LogP contribution in [0.2, 0.25) is 0 Å². The van der Waals surface area contributed by atoms with Crippen molar-refractivity contribution in [1.82, 2.24) is 0 Å². The van der Waals surface area contributed by atoms with Gasteiger partial charge >= 0.3 is 5.97 Å². The molecule has 0 saturated heterocycles. The third kappa shape index (κ3) is 5.77. The number of amides is 1. The molecule has 0 radical (unpaired) electrons. The van der Waals surface area contributed by atoms with E-state index in [0.29, 0.717) is 17.0 Å². The van der Waals surface area contributed by atoms with Crippen molar-refractivity contribution in [2.45, 2.75) is 51.0 Å². The molecule has 1 aliphatic heterocycles. The maximum atomic E-state index is 14.5. The van der Waals surface area contributed by atoms with Gasteiger partial charge in [-0.1, -0.05) is 69.3 Å². The molecular weight excluding hydrogens is 526 g/mol. The van der Waals surface area contributed by atoms with Crippen LogP contribution < -0.4 is 9.64 Å². The van der Waals surface area contributed by atoms with Gasteiger partial charge in [-0.3, -0.25) is 9.69 Å². The Bertz CT molecular complexity index is 1520. The fourth-order valence-corrected chi connectivity index (χ4v) is 6.13. The summed E-state index contributed by atoms with van der Waals surface area (Å²) in [6.07, 6.45) is 1.91. The van der Waals surface area contributed by atoms with Crippen molar-refractivity contribution in [3.8, 4) is 5.75 Å². The molecule has 1 unspecified atom stereocenters. The van der Waals surface area contributed by atoms with E-state index >= 15 is 0 Å². The van der Waals surface area contributed by atoms with Crippen molar-refractivity contribution in [3.63, 3.8) is 0 Å². The first kappa shape index (κ1) is 29.3. The second-order valence-corrected chi connectivity index (χ2v) is 13.7. The van der Waals surface area contributed by atoms with Gasteiger partial charge < -0.3 is 9.47 Å². The van der Waals surface area contributed by atoms with Gasteiger partial charge in [-0.15, -0.1) is 0 Å². The van der Waals surface area contributed by atoms with Gasteiger partial charge in [0.25, 0.3) is 5.91 Å². The highest BCUT2D eigenvalue weighted by atomic mass is 32.2. The van der Waals surface area contributed by atoms with Crippen LogP contribution in [0.25, 0.3) is 0 Å². The molecule has 4 rings (SSSR count). The number of nitrogens with zero attached hydrogens (tertiary/aromatic N) is 1. The first-order chi connectivity index (χ1) is 18.8. The number of sulfone groups is 1. The zero-order valence-corrected chi connectivity index (χ0v) is 24.8. The quantitative estimate of drug-likeness (QED) is 0.361. The maximum absolute atomic E-state index is 14.5. The number of carbonyl (C=O) groups excluding carboxylic acids is 2. The van der Waals surface area contributed by atoms with Gasteiger partial charge in [-0.05, 0) is 52.3 Å². The Morgan fingerprint density at radius 2 is 1.68 bits per heavy atom. The van der Waals surface area contributed by atoms with E-state index in [2.05, 4.69) is 20.8 Å². The zero-order valence-electron chi connectivity index (χ0n) is 24.0. The first-order valence-corrected chi connectivity index (χ1v) is 15.3. The second kappa shape index (κ2) is 11.1. The highest BCUT2D eigenvalue weighted by Crippen LogP contribution is 2.45. The Morgan fingerprint density at radius 3 is 2.27 bits per heavy atom. The zero-order chi connectivity index (χ0) is 29.3. The summed E-state index contributed by atoms with van der Waals surface area (Å²) in [7, 11) is -0.319. The largest absolute Gasteiger partial charge is 0.496 e. The predicted octanol–water partition coefficient (Wildman–Crippen LogP) is 4.94. The molecule has 1 aliphatic rings. The molecule has 1 atom stereocenters. The van der Waals surface area contributed by atoms with Gasteiger partial charge in [0, 0.05) is 30.3 Å². The third-order valence-electron chi connectivity index (χ3n) is 7.49. The van der Waals surface area contributed by atoms with E-state index in [-0.39, 0.29) is 36.3 Å². The van der Waals surface area contributed by atoms with Crippen molar-refractivity contribution in [2.24, 2.45) is 0 Å². The molecule has 0 spiro atoms. The lowest BCUT2D eigenvalue weighted by molar-refractivity contribution is -0.146. The fourth-order valence-electron chi connectivity index (χ4n) is 5.54. The van der Waals surface area contributed by atoms with Crippen LogP contribution in [-0.2, 0) is 44.0 Å². The second-order valence-electron chi connectivity index (χ2n) is 11.5. The summed E-state index contributed by atoms with van der Waals surface area (Å²) in [4.78, 5) is 29.8. The summed E-state index contributed by atoms with van der Waals surface area (Å²) >= 11 is 0. The van der Waals surface area contributed by atoms with Crippen molar-refractivity contribution >= 4 is 27.4 Å². The van der Waals surface area contributed by atoms with Crippen LogP contribution in [0.3, 0.4) is 0 Å². The fraction of sp³-hybridized carbons (Fsp3) is 0.375. The number of hydrogen-bond donors (Lipinski definition) is 0. The molecule has 1 heterocycles. The lowest BCUT2D eigenvalue weighted by Crippen LogP contribution is -2.58. The number of carbonyl (C=O) groups is 2. The number of anilines is 1. The summed E-state index contributed by atoms with van der Waals surface area (Å²) in [5.74, 6) is -0.342. The van der Waals surface area contributed by atoms with Crippen LogP contribution in [0, 0.1) is 0 Å². The highest BCUT2D eigenvalue weighted by Gasteiger charge is 2.54. The normalized spacial score (nSPS) is 16.9. The molecule has 212 valence electrons. The third-order valence-corrected chi connectivity index (χ3v) is 8.44. The average molecular weight is 564 g/mol. The maximum Gasteiger partial charge on any atom is 0.332 e. The van der Waals surface area contributed by atoms with Gasteiger partial charge in [-0.2, -0.15) is 0 Å². The molecule has 0 bridgehead atoms. The molecule has 0 N–H and O–H groups in total. The van der Waals surface area contributed by atoms with E-state index in [1.54, 1.807) is 30.2 Å². The Morgan fingerprint density at radius 1 is 0.975 bits per heavy atom. The van der Waals surface area contributed by atoms with Crippen molar-refractivity contribution < 1.29 is 27.5 Å². The standard InChI is InChI=1S/C32H37NO6S/c1-31(2,3)26-16-15-24(19-28(26)38-4)29(34)33-27-14-10-13-23(17-18-40(6,36)37)25(27)21-32(33,30(35)39-5)20-22-11-8-7-9-12-22/h7-16,19H,17-18,20-21H2,1-6H3. The number of ether oxygens (including phenoxy) is 2. The number of aryl methyl sites for hydroxylation is 1. The summed E-state index contributed by atoms with van der Waals surface area (Å²) in [5.41, 5.74) is 2.78. The van der Waals surface area contributed by atoms with Gasteiger partial charge in [0.05, 0.1) is 20.0 Å². The van der Waals surface area contributed by atoms with Crippen LogP contribution in [-0.4, -0.2) is 52.1 Å². The minimum atomic E-state index is -3.22. The van der Waals surface area contributed by atoms with Crippen LogP contribution in [0.15, 0.2) is 66.7 Å². The molecule has 3 aromatic carbocycles. The van der Waals surface area contributed by atoms with Crippen LogP contribution in [0.1, 0.15) is 53.4 Å². The Labute approximate surface area is 237 Å². The number of hydrogen-bond acceptors (Lipinski definition) is 6. The monoisotopic (exact) mass is 563 g/mol. The number of rotatable bonds is 8. The molecule has 40 heavy (non-hydrogen) atoms. The first-order valence-electron chi connectivity index (χ1n) is 13.2. The number of benzene rings is 3. The molecular formula is C32H37NO6S. The van der Waals surface area contributed by atoms with Gasteiger partial charge in [0.15, 0.2) is 5.54 Å². The SMILES string of the molecule is COC(=O)C1(Cc2ccccc2)Cc2c(CCS(C)(=O)=O)cccc2N1C(=O)c1ccc(C(C)(C)C)c(OC)c1. The average Bonchev–Trinajstić information content (AvgIpc) is 3.25.